The summed E-state index contributed by atoms with van der Waals surface area (Å²) in [5, 5.41) is 11.7. The number of hydrogen-bond donors (Lipinski definition) is 3. The average molecular weight is 286 g/mol. The molecule has 3 atom stereocenters. The fraction of sp³-hybridized carbons (Fsp3) is 0.867. The van der Waals surface area contributed by atoms with Crippen LogP contribution in [0.15, 0.2) is 0 Å². The van der Waals surface area contributed by atoms with E-state index in [4.69, 9.17) is 10.8 Å². The van der Waals surface area contributed by atoms with Crippen LogP contribution in [-0.2, 0) is 9.59 Å². The van der Waals surface area contributed by atoms with E-state index in [1.807, 2.05) is 13.8 Å². The van der Waals surface area contributed by atoms with E-state index in [0.29, 0.717) is 13.0 Å². The SMILES string of the molecule is CC(N)C(C)C(=O)NCCC(CCC(=O)O)C(C)(C)C. The lowest BCUT2D eigenvalue weighted by atomic mass is 9.76. The Hall–Kier alpha value is -1.10. The lowest BCUT2D eigenvalue weighted by Gasteiger charge is -2.30. The summed E-state index contributed by atoms with van der Waals surface area (Å²) in [4.78, 5) is 22.5. The summed E-state index contributed by atoms with van der Waals surface area (Å²) in [6.07, 6.45) is 1.60. The van der Waals surface area contributed by atoms with Crippen molar-refractivity contribution in [2.45, 2.75) is 59.9 Å². The molecule has 0 aliphatic carbocycles. The summed E-state index contributed by atoms with van der Waals surface area (Å²) in [5.41, 5.74) is 5.73. The zero-order chi connectivity index (χ0) is 15.9. The van der Waals surface area contributed by atoms with Crippen LogP contribution < -0.4 is 11.1 Å². The molecule has 3 unspecified atom stereocenters. The van der Waals surface area contributed by atoms with Gasteiger partial charge in [-0.25, -0.2) is 0 Å². The molecule has 0 saturated heterocycles. The fourth-order valence-electron chi connectivity index (χ4n) is 2.08. The first-order valence-electron chi connectivity index (χ1n) is 7.30. The van der Waals surface area contributed by atoms with E-state index >= 15 is 0 Å². The highest BCUT2D eigenvalue weighted by atomic mass is 16.4. The van der Waals surface area contributed by atoms with Gasteiger partial charge in [-0.3, -0.25) is 9.59 Å². The molecule has 0 heterocycles. The highest BCUT2D eigenvalue weighted by Gasteiger charge is 2.25. The molecular formula is C15H30N2O3. The topological polar surface area (TPSA) is 92.4 Å². The molecule has 5 nitrogen and oxygen atoms in total. The molecular weight excluding hydrogens is 256 g/mol. The van der Waals surface area contributed by atoms with Crippen LogP contribution in [0.2, 0.25) is 0 Å². The van der Waals surface area contributed by atoms with E-state index in [2.05, 4.69) is 26.1 Å². The van der Waals surface area contributed by atoms with Crippen molar-refractivity contribution in [3.05, 3.63) is 0 Å². The molecule has 0 radical (unpaired) electrons. The standard InChI is InChI=1S/C15H30N2O3/c1-10(11(2)16)14(20)17-9-8-12(15(3,4)5)6-7-13(18)19/h10-12H,6-9,16H2,1-5H3,(H,17,20)(H,18,19). The second-order valence-corrected chi connectivity index (χ2v) is 6.72. The summed E-state index contributed by atoms with van der Waals surface area (Å²) in [6, 6.07) is -0.166. The van der Waals surface area contributed by atoms with Gasteiger partial charge in [0.1, 0.15) is 0 Å². The van der Waals surface area contributed by atoms with Gasteiger partial charge in [-0.05, 0) is 31.1 Å². The number of hydrogen-bond acceptors (Lipinski definition) is 3. The lowest BCUT2D eigenvalue weighted by Crippen LogP contribution is -2.39. The number of nitrogens with two attached hydrogens (primary N) is 1. The van der Waals surface area contributed by atoms with Crippen molar-refractivity contribution in [2.75, 3.05) is 6.54 Å². The van der Waals surface area contributed by atoms with Crippen LogP contribution in [0, 0.1) is 17.3 Å². The molecule has 5 heteroatoms. The minimum Gasteiger partial charge on any atom is -0.481 e. The zero-order valence-corrected chi connectivity index (χ0v) is 13.4. The fourth-order valence-corrected chi connectivity index (χ4v) is 2.08. The molecule has 0 aromatic carbocycles. The Bertz CT molecular complexity index is 322. The van der Waals surface area contributed by atoms with Gasteiger partial charge >= 0.3 is 5.97 Å². The third kappa shape index (κ3) is 7.48. The molecule has 0 aliphatic rings. The summed E-state index contributed by atoms with van der Waals surface area (Å²) >= 11 is 0. The van der Waals surface area contributed by atoms with E-state index in [-0.39, 0.29) is 35.6 Å². The normalized spacial score (nSPS) is 16.3. The monoisotopic (exact) mass is 286 g/mol. The van der Waals surface area contributed by atoms with Crippen molar-refractivity contribution in [1.29, 1.82) is 0 Å². The number of carbonyl (C=O) groups is 2. The van der Waals surface area contributed by atoms with Gasteiger partial charge in [0, 0.05) is 24.9 Å². The molecule has 0 spiro atoms. The number of aliphatic carboxylic acids is 1. The van der Waals surface area contributed by atoms with E-state index in [1.165, 1.54) is 0 Å². The summed E-state index contributed by atoms with van der Waals surface area (Å²) in [5.74, 6) is -0.744. The number of carboxylic acids is 1. The van der Waals surface area contributed by atoms with E-state index < -0.39 is 5.97 Å². The van der Waals surface area contributed by atoms with Gasteiger partial charge in [-0.15, -0.1) is 0 Å². The molecule has 118 valence electrons. The maximum absolute atomic E-state index is 11.8. The number of carboxylic acid groups (broad SMARTS) is 1. The smallest absolute Gasteiger partial charge is 0.303 e. The predicted octanol–water partition coefficient (Wildman–Crippen LogP) is 2.00. The summed E-state index contributed by atoms with van der Waals surface area (Å²) < 4.78 is 0. The first-order chi connectivity index (χ1) is 9.05. The molecule has 0 aromatic rings. The molecule has 0 aliphatic heterocycles. The lowest BCUT2D eigenvalue weighted by molar-refractivity contribution is -0.137. The maximum atomic E-state index is 11.8. The van der Waals surface area contributed by atoms with Gasteiger partial charge in [0.25, 0.3) is 0 Å². The van der Waals surface area contributed by atoms with Gasteiger partial charge in [-0.1, -0.05) is 27.7 Å². The van der Waals surface area contributed by atoms with Crippen LogP contribution in [0.25, 0.3) is 0 Å². The molecule has 4 N–H and O–H groups in total. The molecule has 20 heavy (non-hydrogen) atoms. The largest absolute Gasteiger partial charge is 0.481 e. The maximum Gasteiger partial charge on any atom is 0.303 e. The zero-order valence-electron chi connectivity index (χ0n) is 13.4. The summed E-state index contributed by atoms with van der Waals surface area (Å²) in [7, 11) is 0. The number of carbonyl (C=O) groups excluding carboxylic acids is 1. The van der Waals surface area contributed by atoms with Gasteiger partial charge in [0.15, 0.2) is 0 Å². The van der Waals surface area contributed by atoms with Crippen LogP contribution in [0.5, 0.6) is 0 Å². The van der Waals surface area contributed by atoms with Crippen LogP contribution in [-0.4, -0.2) is 29.6 Å². The Morgan fingerprint density at radius 2 is 1.75 bits per heavy atom. The number of rotatable bonds is 8. The minimum absolute atomic E-state index is 0.0347. The third-order valence-corrected chi connectivity index (χ3v) is 3.93. The van der Waals surface area contributed by atoms with Crippen molar-refractivity contribution < 1.29 is 14.7 Å². The summed E-state index contributed by atoms with van der Waals surface area (Å²) in [6.45, 7) is 10.5. The second kappa shape index (κ2) is 8.25. The van der Waals surface area contributed by atoms with E-state index in [9.17, 15) is 9.59 Å². The minimum atomic E-state index is -0.770. The molecule has 0 bridgehead atoms. The third-order valence-electron chi connectivity index (χ3n) is 3.93. The predicted molar refractivity (Wildman–Crippen MR) is 80.3 cm³/mol. The number of amides is 1. The Kier molecular flexibility index (Phi) is 7.79. The van der Waals surface area contributed by atoms with Crippen molar-refractivity contribution in [3.8, 4) is 0 Å². The Morgan fingerprint density at radius 3 is 2.15 bits per heavy atom. The van der Waals surface area contributed by atoms with Gasteiger partial charge in [0.2, 0.25) is 5.91 Å². The molecule has 0 fully saturated rings. The quantitative estimate of drug-likeness (QED) is 0.636. The molecule has 0 saturated carbocycles. The first kappa shape index (κ1) is 18.9. The van der Waals surface area contributed by atoms with Gasteiger partial charge in [-0.2, -0.15) is 0 Å². The Labute approximate surface area is 122 Å². The van der Waals surface area contributed by atoms with Gasteiger partial charge < -0.3 is 16.2 Å². The van der Waals surface area contributed by atoms with E-state index in [1.54, 1.807) is 0 Å². The Balaban J connectivity index is 4.27. The first-order valence-corrected chi connectivity index (χ1v) is 7.30. The van der Waals surface area contributed by atoms with Crippen molar-refractivity contribution in [1.82, 2.24) is 5.32 Å². The molecule has 0 aromatic heterocycles. The van der Waals surface area contributed by atoms with E-state index in [0.717, 1.165) is 6.42 Å². The van der Waals surface area contributed by atoms with Crippen molar-refractivity contribution in [3.63, 3.8) is 0 Å². The highest BCUT2D eigenvalue weighted by molar-refractivity contribution is 5.78. The number of nitrogens with one attached hydrogen (secondary N) is 1. The van der Waals surface area contributed by atoms with Crippen molar-refractivity contribution in [2.24, 2.45) is 23.0 Å². The van der Waals surface area contributed by atoms with Crippen LogP contribution in [0.4, 0.5) is 0 Å². The van der Waals surface area contributed by atoms with Crippen LogP contribution in [0.3, 0.4) is 0 Å². The second-order valence-electron chi connectivity index (χ2n) is 6.72. The van der Waals surface area contributed by atoms with Gasteiger partial charge in [0.05, 0.1) is 0 Å². The Morgan fingerprint density at radius 1 is 1.20 bits per heavy atom. The van der Waals surface area contributed by atoms with Crippen LogP contribution in [0.1, 0.15) is 53.9 Å². The molecule has 0 rings (SSSR count). The molecule has 1 amide bonds. The average Bonchev–Trinajstić information content (AvgIpc) is 2.29. The highest BCUT2D eigenvalue weighted by Crippen LogP contribution is 2.32. The van der Waals surface area contributed by atoms with Crippen molar-refractivity contribution >= 4 is 11.9 Å². The van der Waals surface area contributed by atoms with Crippen LogP contribution >= 0.6 is 0 Å².